The van der Waals surface area contributed by atoms with E-state index in [1.54, 1.807) is 26.4 Å². The van der Waals surface area contributed by atoms with Gasteiger partial charge in [-0.1, -0.05) is 42.5 Å². The number of nitrogens with zero attached hydrogens (tertiary/aromatic N) is 1. The van der Waals surface area contributed by atoms with E-state index in [9.17, 15) is 4.39 Å². The lowest BCUT2D eigenvalue weighted by Crippen LogP contribution is -1.95. The topological polar surface area (TPSA) is 31.4 Å². The molecule has 0 aliphatic heterocycles. The predicted molar refractivity (Wildman–Crippen MR) is 106 cm³/mol. The molecule has 0 aliphatic rings. The Morgan fingerprint density at radius 1 is 0.778 bits per heavy atom. The molecule has 4 rings (SSSR count). The molecule has 134 valence electrons. The molecule has 0 N–H and O–H groups in total. The fraction of sp³-hybridized carbons (Fsp3) is 0.0870. The van der Waals surface area contributed by atoms with Crippen molar-refractivity contribution >= 4 is 10.8 Å². The van der Waals surface area contributed by atoms with E-state index in [0.717, 1.165) is 33.2 Å². The van der Waals surface area contributed by atoms with E-state index in [2.05, 4.69) is 0 Å². The minimum atomic E-state index is -0.271. The monoisotopic (exact) mass is 359 g/mol. The Bertz CT molecular complexity index is 1090. The fourth-order valence-electron chi connectivity index (χ4n) is 3.27. The van der Waals surface area contributed by atoms with E-state index in [0.29, 0.717) is 11.5 Å². The van der Waals surface area contributed by atoms with Gasteiger partial charge in [0, 0.05) is 22.7 Å². The zero-order valence-corrected chi connectivity index (χ0v) is 15.1. The number of methoxy groups -OCH3 is 2. The van der Waals surface area contributed by atoms with E-state index < -0.39 is 0 Å². The largest absolute Gasteiger partial charge is 0.493 e. The third-order valence-corrected chi connectivity index (χ3v) is 4.57. The maximum absolute atomic E-state index is 13.5. The summed E-state index contributed by atoms with van der Waals surface area (Å²) in [5.74, 6) is 1.01. The van der Waals surface area contributed by atoms with Crippen molar-refractivity contribution in [2.45, 2.75) is 0 Å². The molecule has 1 aromatic heterocycles. The molecule has 1 heterocycles. The zero-order chi connectivity index (χ0) is 18.8. The molecule has 0 spiro atoms. The maximum Gasteiger partial charge on any atom is 0.161 e. The van der Waals surface area contributed by atoms with Gasteiger partial charge in [0.1, 0.15) is 5.82 Å². The van der Waals surface area contributed by atoms with E-state index >= 15 is 0 Å². The van der Waals surface area contributed by atoms with Gasteiger partial charge in [-0.05, 0) is 35.2 Å². The molecule has 0 atom stereocenters. The molecule has 0 amide bonds. The summed E-state index contributed by atoms with van der Waals surface area (Å²) in [6.07, 6.45) is 1.83. The van der Waals surface area contributed by atoms with Crippen LogP contribution in [-0.4, -0.2) is 19.2 Å². The number of benzene rings is 3. The van der Waals surface area contributed by atoms with Crippen LogP contribution < -0.4 is 9.47 Å². The summed E-state index contributed by atoms with van der Waals surface area (Å²) in [5.41, 5.74) is 3.65. The Kier molecular flexibility index (Phi) is 4.47. The van der Waals surface area contributed by atoms with Crippen molar-refractivity contribution in [3.8, 4) is 33.9 Å². The van der Waals surface area contributed by atoms with Crippen molar-refractivity contribution in [2.75, 3.05) is 14.2 Å². The number of aromatic nitrogens is 1. The Morgan fingerprint density at radius 3 is 2.11 bits per heavy atom. The SMILES string of the molecule is COc1cc2cnc(-c3ccccc3)c(-c3ccc(F)cc3)c2cc1OC. The summed E-state index contributed by atoms with van der Waals surface area (Å²) in [4.78, 5) is 4.72. The van der Waals surface area contributed by atoms with Gasteiger partial charge in [-0.15, -0.1) is 0 Å². The number of hydrogen-bond acceptors (Lipinski definition) is 3. The average Bonchev–Trinajstić information content (AvgIpc) is 2.73. The van der Waals surface area contributed by atoms with Gasteiger partial charge < -0.3 is 9.47 Å². The van der Waals surface area contributed by atoms with Crippen LogP contribution in [0, 0.1) is 5.82 Å². The van der Waals surface area contributed by atoms with E-state index in [-0.39, 0.29) is 5.82 Å². The van der Waals surface area contributed by atoms with Crippen LogP contribution in [0.1, 0.15) is 0 Å². The number of ether oxygens (including phenoxy) is 2. The molecule has 3 aromatic carbocycles. The van der Waals surface area contributed by atoms with Crippen LogP contribution in [0.3, 0.4) is 0 Å². The highest BCUT2D eigenvalue weighted by atomic mass is 19.1. The summed E-state index contributed by atoms with van der Waals surface area (Å²) >= 11 is 0. The molecule has 3 nitrogen and oxygen atoms in total. The third kappa shape index (κ3) is 3.10. The second kappa shape index (κ2) is 7.08. The van der Waals surface area contributed by atoms with E-state index in [1.165, 1.54) is 12.1 Å². The first kappa shape index (κ1) is 17.0. The minimum Gasteiger partial charge on any atom is -0.493 e. The number of rotatable bonds is 4. The Labute approximate surface area is 157 Å². The summed E-state index contributed by atoms with van der Waals surface area (Å²) in [6.45, 7) is 0. The average molecular weight is 359 g/mol. The van der Waals surface area contributed by atoms with Gasteiger partial charge in [0.25, 0.3) is 0 Å². The van der Waals surface area contributed by atoms with Gasteiger partial charge in [-0.2, -0.15) is 0 Å². The Morgan fingerprint density at radius 2 is 1.44 bits per heavy atom. The van der Waals surface area contributed by atoms with Crippen molar-refractivity contribution in [3.63, 3.8) is 0 Å². The molecule has 0 bridgehead atoms. The molecule has 4 aromatic rings. The predicted octanol–water partition coefficient (Wildman–Crippen LogP) is 5.73. The van der Waals surface area contributed by atoms with Crippen LogP contribution in [0.15, 0.2) is 72.9 Å². The van der Waals surface area contributed by atoms with Crippen LogP contribution in [0.2, 0.25) is 0 Å². The second-order valence-electron chi connectivity index (χ2n) is 6.15. The van der Waals surface area contributed by atoms with Crippen LogP contribution in [-0.2, 0) is 0 Å². The van der Waals surface area contributed by atoms with Crippen LogP contribution in [0.5, 0.6) is 11.5 Å². The standard InChI is InChI=1S/C23H18FNO2/c1-26-20-12-17-14-25-23(16-6-4-3-5-7-16)22(19(17)13-21(20)27-2)15-8-10-18(24)11-9-15/h3-14H,1-2H3. The first-order valence-corrected chi connectivity index (χ1v) is 8.57. The van der Waals surface area contributed by atoms with Gasteiger partial charge in [0.15, 0.2) is 11.5 Å². The van der Waals surface area contributed by atoms with Crippen molar-refractivity contribution < 1.29 is 13.9 Å². The normalized spacial score (nSPS) is 10.8. The Hall–Kier alpha value is -3.40. The molecule has 0 fully saturated rings. The fourth-order valence-corrected chi connectivity index (χ4v) is 3.27. The maximum atomic E-state index is 13.5. The zero-order valence-electron chi connectivity index (χ0n) is 15.1. The summed E-state index contributed by atoms with van der Waals surface area (Å²) < 4.78 is 24.4. The molecule has 0 saturated carbocycles. The molecule has 0 saturated heterocycles. The van der Waals surface area contributed by atoms with Crippen LogP contribution in [0.25, 0.3) is 33.2 Å². The number of fused-ring (bicyclic) bond motifs is 1. The molecule has 27 heavy (non-hydrogen) atoms. The summed E-state index contributed by atoms with van der Waals surface area (Å²) in [7, 11) is 3.22. The quantitative estimate of drug-likeness (QED) is 0.467. The van der Waals surface area contributed by atoms with E-state index in [1.807, 2.05) is 48.7 Å². The van der Waals surface area contributed by atoms with Crippen molar-refractivity contribution in [1.29, 1.82) is 0 Å². The lowest BCUT2D eigenvalue weighted by molar-refractivity contribution is 0.356. The molecule has 0 radical (unpaired) electrons. The first-order chi connectivity index (χ1) is 13.2. The summed E-state index contributed by atoms with van der Waals surface area (Å²) in [6, 6.07) is 20.3. The highest BCUT2D eigenvalue weighted by Crippen LogP contribution is 2.40. The molecular weight excluding hydrogens is 341 g/mol. The highest BCUT2D eigenvalue weighted by molar-refractivity contribution is 6.03. The molecule has 0 aliphatic carbocycles. The molecule has 0 unspecified atom stereocenters. The van der Waals surface area contributed by atoms with Gasteiger partial charge in [0.2, 0.25) is 0 Å². The van der Waals surface area contributed by atoms with Crippen LogP contribution in [0.4, 0.5) is 4.39 Å². The minimum absolute atomic E-state index is 0.271. The number of hydrogen-bond donors (Lipinski definition) is 0. The lowest BCUT2D eigenvalue weighted by Gasteiger charge is -2.15. The smallest absolute Gasteiger partial charge is 0.161 e. The summed E-state index contributed by atoms with van der Waals surface area (Å²) in [5, 5.41) is 1.89. The molecular formula is C23H18FNO2. The lowest BCUT2D eigenvalue weighted by atomic mass is 9.94. The Balaban J connectivity index is 2.08. The van der Waals surface area contributed by atoms with Crippen molar-refractivity contribution in [3.05, 3.63) is 78.7 Å². The van der Waals surface area contributed by atoms with Crippen molar-refractivity contribution in [1.82, 2.24) is 4.98 Å². The first-order valence-electron chi connectivity index (χ1n) is 8.57. The molecule has 4 heteroatoms. The van der Waals surface area contributed by atoms with Gasteiger partial charge in [0.05, 0.1) is 19.9 Å². The number of halogens is 1. The second-order valence-corrected chi connectivity index (χ2v) is 6.15. The van der Waals surface area contributed by atoms with Crippen molar-refractivity contribution in [2.24, 2.45) is 0 Å². The third-order valence-electron chi connectivity index (χ3n) is 4.57. The highest BCUT2D eigenvalue weighted by Gasteiger charge is 2.16. The van der Waals surface area contributed by atoms with E-state index in [4.69, 9.17) is 14.5 Å². The van der Waals surface area contributed by atoms with Gasteiger partial charge >= 0.3 is 0 Å². The van der Waals surface area contributed by atoms with Gasteiger partial charge in [-0.25, -0.2) is 4.39 Å². The van der Waals surface area contributed by atoms with Crippen LogP contribution >= 0.6 is 0 Å². The van der Waals surface area contributed by atoms with Gasteiger partial charge in [-0.3, -0.25) is 4.98 Å². The number of pyridine rings is 1.